The lowest BCUT2D eigenvalue weighted by molar-refractivity contribution is -0.135. The molecule has 2 N–H and O–H groups in total. The smallest absolute Gasteiger partial charge is 0.319 e. The zero-order valence-electron chi connectivity index (χ0n) is 27.3. The fraction of sp³-hybridized carbons (Fsp3) is 0.611. The van der Waals surface area contributed by atoms with Crippen LogP contribution in [-0.4, -0.2) is 91.1 Å². The number of rotatable bonds is 10. The van der Waals surface area contributed by atoms with E-state index in [2.05, 4.69) is 27.7 Å². The van der Waals surface area contributed by atoms with Gasteiger partial charge in [-0.2, -0.15) is 0 Å². The van der Waals surface area contributed by atoms with E-state index < -0.39 is 0 Å². The standard InChI is InChI=1S/C36H52ClN5O3/c1-40(2)36(44)42(31-7-5-4-6-8-31)32-21-23-41(24-22-32)35(43)34(25-26-9-11-27(37)12-10-26)39-30-15-13-28(14-16-30)38-29-17-19-33(45-3)20-18-29/h9-12,17-20,28,30-32,34,38-39H,4-8,13-16,21-25H2,1-3H3/t28?,30?,34-/m0/s1. The summed E-state index contributed by atoms with van der Waals surface area (Å²) in [5.74, 6) is 1.03. The van der Waals surface area contributed by atoms with Crippen LogP contribution in [0.4, 0.5) is 10.5 Å². The fourth-order valence-electron chi connectivity index (χ4n) is 7.47. The zero-order valence-corrected chi connectivity index (χ0v) is 28.1. The van der Waals surface area contributed by atoms with E-state index in [9.17, 15) is 9.59 Å². The lowest BCUT2D eigenvalue weighted by Gasteiger charge is -2.45. The summed E-state index contributed by atoms with van der Waals surface area (Å²) in [6, 6.07) is 17.0. The molecule has 3 amide bonds. The van der Waals surface area contributed by atoms with Crippen LogP contribution >= 0.6 is 11.6 Å². The van der Waals surface area contributed by atoms with E-state index in [1.54, 1.807) is 12.0 Å². The number of halogens is 1. The van der Waals surface area contributed by atoms with Crippen LogP contribution in [0.25, 0.3) is 0 Å². The minimum atomic E-state index is -0.295. The Balaban J connectivity index is 1.20. The number of ether oxygens (including phenoxy) is 1. The Kier molecular flexibility index (Phi) is 11.9. The highest BCUT2D eigenvalue weighted by atomic mass is 35.5. The molecule has 8 nitrogen and oxygen atoms in total. The predicted octanol–water partition coefficient (Wildman–Crippen LogP) is 6.58. The Hall–Kier alpha value is -2.97. The van der Waals surface area contributed by atoms with Crippen LogP contribution in [0.1, 0.15) is 76.2 Å². The largest absolute Gasteiger partial charge is 0.497 e. The van der Waals surface area contributed by atoms with Gasteiger partial charge in [-0.05, 0) is 99.7 Å². The molecule has 1 atom stereocenters. The molecule has 1 saturated heterocycles. The van der Waals surface area contributed by atoms with E-state index in [0.717, 1.165) is 68.4 Å². The molecular weight excluding hydrogens is 586 g/mol. The summed E-state index contributed by atoms with van der Waals surface area (Å²) in [5.41, 5.74) is 2.22. The number of nitrogens with zero attached hydrogens (tertiary/aromatic N) is 3. The second kappa shape index (κ2) is 16.0. The summed E-state index contributed by atoms with van der Waals surface area (Å²) in [7, 11) is 5.39. The maximum absolute atomic E-state index is 14.1. The van der Waals surface area contributed by atoms with Crippen LogP contribution in [0.15, 0.2) is 48.5 Å². The number of carbonyl (C=O) groups excluding carboxylic acids is 2. The number of hydrogen-bond acceptors (Lipinski definition) is 5. The zero-order chi connectivity index (χ0) is 31.8. The number of carbonyl (C=O) groups is 2. The third-order valence-corrected chi connectivity index (χ3v) is 10.3. The van der Waals surface area contributed by atoms with Crippen molar-refractivity contribution in [2.75, 3.05) is 39.6 Å². The Labute approximate surface area is 274 Å². The van der Waals surface area contributed by atoms with Crippen LogP contribution in [0.2, 0.25) is 5.02 Å². The van der Waals surface area contributed by atoms with Crippen LogP contribution < -0.4 is 15.4 Å². The van der Waals surface area contributed by atoms with Gasteiger partial charge >= 0.3 is 6.03 Å². The van der Waals surface area contributed by atoms with Gasteiger partial charge in [-0.25, -0.2) is 4.79 Å². The van der Waals surface area contributed by atoms with Crippen molar-refractivity contribution in [3.63, 3.8) is 0 Å². The van der Waals surface area contributed by atoms with Crippen LogP contribution in [-0.2, 0) is 11.2 Å². The van der Waals surface area contributed by atoms with E-state index in [1.165, 1.54) is 19.3 Å². The van der Waals surface area contributed by atoms with E-state index >= 15 is 0 Å². The highest BCUT2D eigenvalue weighted by Crippen LogP contribution is 2.30. The first-order chi connectivity index (χ1) is 21.8. The molecule has 246 valence electrons. The van der Waals surface area contributed by atoms with E-state index in [4.69, 9.17) is 16.3 Å². The summed E-state index contributed by atoms with van der Waals surface area (Å²) in [6.45, 7) is 1.37. The number of piperidine rings is 1. The Morgan fingerprint density at radius 3 is 2.04 bits per heavy atom. The topological polar surface area (TPSA) is 77.1 Å². The van der Waals surface area contributed by atoms with Crippen molar-refractivity contribution in [1.82, 2.24) is 20.0 Å². The van der Waals surface area contributed by atoms with Crippen LogP contribution in [0, 0.1) is 0 Å². The van der Waals surface area contributed by atoms with Crippen molar-refractivity contribution >= 4 is 29.2 Å². The molecular formula is C36H52ClN5O3. The first kappa shape index (κ1) is 33.4. The number of anilines is 1. The average molecular weight is 638 g/mol. The first-order valence-electron chi connectivity index (χ1n) is 17.0. The Bertz CT molecular complexity index is 1220. The van der Waals surface area contributed by atoms with Gasteiger partial charge in [-0.1, -0.05) is 43.0 Å². The second-order valence-electron chi connectivity index (χ2n) is 13.4. The van der Waals surface area contributed by atoms with Gasteiger partial charge in [0.2, 0.25) is 5.91 Å². The number of urea groups is 1. The molecule has 2 aliphatic carbocycles. The highest BCUT2D eigenvalue weighted by Gasteiger charge is 2.37. The molecule has 0 radical (unpaired) electrons. The first-order valence-corrected chi connectivity index (χ1v) is 17.4. The Morgan fingerprint density at radius 1 is 0.844 bits per heavy atom. The lowest BCUT2D eigenvalue weighted by atomic mass is 9.89. The summed E-state index contributed by atoms with van der Waals surface area (Å²) in [5, 5.41) is 8.17. The molecule has 0 spiro atoms. The maximum Gasteiger partial charge on any atom is 0.319 e. The van der Waals surface area contributed by atoms with Crippen LogP contribution in [0.5, 0.6) is 5.75 Å². The van der Waals surface area contributed by atoms with Gasteiger partial charge in [0.05, 0.1) is 13.2 Å². The molecule has 2 aromatic carbocycles. The molecule has 2 aromatic rings. The molecule has 0 bridgehead atoms. The molecule has 1 aliphatic heterocycles. The van der Waals surface area contributed by atoms with Gasteiger partial charge in [-0.3, -0.25) is 4.79 Å². The van der Waals surface area contributed by atoms with Crippen molar-refractivity contribution in [3.8, 4) is 5.75 Å². The highest BCUT2D eigenvalue weighted by molar-refractivity contribution is 6.30. The van der Waals surface area contributed by atoms with Crippen molar-refractivity contribution < 1.29 is 14.3 Å². The lowest BCUT2D eigenvalue weighted by Crippen LogP contribution is -2.58. The molecule has 2 saturated carbocycles. The second-order valence-corrected chi connectivity index (χ2v) is 13.8. The third kappa shape index (κ3) is 9.07. The SMILES string of the molecule is COc1ccc(NC2CCC(N[C@@H](Cc3ccc(Cl)cc3)C(=O)N3CCC(N(C(=O)N(C)C)C4CCCCC4)CC3)CC2)cc1. The maximum atomic E-state index is 14.1. The summed E-state index contributed by atoms with van der Waals surface area (Å²) >= 11 is 6.18. The molecule has 0 unspecified atom stereocenters. The molecule has 1 heterocycles. The van der Waals surface area contributed by atoms with Crippen molar-refractivity contribution in [1.29, 1.82) is 0 Å². The Morgan fingerprint density at radius 2 is 1.44 bits per heavy atom. The molecule has 0 aromatic heterocycles. The normalized spacial score (nSPS) is 22.0. The summed E-state index contributed by atoms with van der Waals surface area (Å²) in [4.78, 5) is 33.4. The summed E-state index contributed by atoms with van der Waals surface area (Å²) in [6.07, 6.45) is 12.2. The van der Waals surface area contributed by atoms with Gasteiger partial charge in [0.1, 0.15) is 5.75 Å². The quantitative estimate of drug-likeness (QED) is 0.308. The molecule has 3 aliphatic rings. The van der Waals surface area contributed by atoms with Gasteiger partial charge < -0.3 is 30.1 Å². The molecule has 9 heteroatoms. The molecule has 5 rings (SSSR count). The number of nitrogens with one attached hydrogen (secondary N) is 2. The van der Waals surface area contributed by atoms with Crippen LogP contribution in [0.3, 0.4) is 0 Å². The van der Waals surface area contributed by atoms with E-state index in [0.29, 0.717) is 36.6 Å². The molecule has 45 heavy (non-hydrogen) atoms. The van der Waals surface area contributed by atoms with Gasteiger partial charge in [0, 0.05) is 62.1 Å². The number of hydrogen-bond donors (Lipinski definition) is 2. The van der Waals surface area contributed by atoms with Crippen molar-refractivity contribution in [3.05, 3.63) is 59.1 Å². The van der Waals surface area contributed by atoms with Gasteiger partial charge in [-0.15, -0.1) is 0 Å². The number of methoxy groups -OCH3 is 1. The average Bonchev–Trinajstić information content (AvgIpc) is 3.07. The minimum absolute atomic E-state index is 0.117. The third-order valence-electron chi connectivity index (χ3n) is 10.0. The number of amides is 3. The minimum Gasteiger partial charge on any atom is -0.497 e. The van der Waals surface area contributed by atoms with Gasteiger partial charge in [0.15, 0.2) is 0 Å². The number of likely N-dealkylation sites (tertiary alicyclic amines) is 1. The summed E-state index contributed by atoms with van der Waals surface area (Å²) < 4.78 is 5.29. The van der Waals surface area contributed by atoms with Crippen molar-refractivity contribution in [2.24, 2.45) is 0 Å². The number of benzene rings is 2. The predicted molar refractivity (Wildman–Crippen MR) is 182 cm³/mol. The monoisotopic (exact) mass is 637 g/mol. The fourth-order valence-corrected chi connectivity index (χ4v) is 7.60. The van der Waals surface area contributed by atoms with E-state index in [1.807, 2.05) is 55.4 Å². The van der Waals surface area contributed by atoms with Crippen molar-refractivity contribution in [2.45, 2.75) is 107 Å². The molecule has 3 fully saturated rings. The van der Waals surface area contributed by atoms with Gasteiger partial charge in [0.25, 0.3) is 0 Å². The van der Waals surface area contributed by atoms with E-state index in [-0.39, 0.29) is 30.1 Å².